The SMILES string of the molecule is CCCc1c(-c2ccccc2Cl)c(C(N)=O)c(C)n1CCc1ccc(O)cc1. The predicted molar refractivity (Wildman–Crippen MR) is 114 cm³/mol. The lowest BCUT2D eigenvalue weighted by Gasteiger charge is -2.13. The molecule has 0 saturated carbocycles. The van der Waals surface area contributed by atoms with Gasteiger partial charge in [0.25, 0.3) is 5.91 Å². The summed E-state index contributed by atoms with van der Waals surface area (Å²) in [5.41, 5.74) is 11.1. The maximum absolute atomic E-state index is 12.3. The molecule has 0 bridgehead atoms. The summed E-state index contributed by atoms with van der Waals surface area (Å²) < 4.78 is 2.19. The van der Waals surface area contributed by atoms with Crippen LogP contribution in [0.15, 0.2) is 48.5 Å². The Morgan fingerprint density at radius 2 is 1.79 bits per heavy atom. The van der Waals surface area contributed by atoms with Gasteiger partial charge in [0.2, 0.25) is 0 Å². The Kier molecular flexibility index (Phi) is 6.10. The summed E-state index contributed by atoms with van der Waals surface area (Å²) in [5, 5.41) is 10.1. The Bertz CT molecular complexity index is 991. The number of nitrogens with two attached hydrogens (primary N) is 1. The first-order valence-electron chi connectivity index (χ1n) is 9.48. The van der Waals surface area contributed by atoms with Crippen LogP contribution in [-0.4, -0.2) is 15.6 Å². The average Bonchev–Trinajstić information content (AvgIpc) is 2.94. The summed E-state index contributed by atoms with van der Waals surface area (Å²) in [6.45, 7) is 4.78. The molecule has 3 aromatic rings. The minimum atomic E-state index is -0.437. The van der Waals surface area contributed by atoms with Crippen molar-refractivity contribution in [3.8, 4) is 16.9 Å². The number of nitrogens with zero attached hydrogens (tertiary/aromatic N) is 1. The first-order valence-corrected chi connectivity index (χ1v) is 9.86. The molecule has 0 fully saturated rings. The van der Waals surface area contributed by atoms with E-state index in [2.05, 4.69) is 11.5 Å². The number of aromatic hydroxyl groups is 1. The highest BCUT2D eigenvalue weighted by Crippen LogP contribution is 2.37. The summed E-state index contributed by atoms with van der Waals surface area (Å²) in [4.78, 5) is 12.3. The van der Waals surface area contributed by atoms with Crippen molar-refractivity contribution in [3.63, 3.8) is 0 Å². The Morgan fingerprint density at radius 3 is 2.39 bits per heavy atom. The van der Waals surface area contributed by atoms with Crippen LogP contribution < -0.4 is 5.73 Å². The van der Waals surface area contributed by atoms with E-state index in [4.69, 9.17) is 17.3 Å². The molecule has 0 saturated heterocycles. The molecule has 0 radical (unpaired) electrons. The van der Waals surface area contributed by atoms with Gasteiger partial charge in [0.1, 0.15) is 5.75 Å². The van der Waals surface area contributed by atoms with Crippen LogP contribution in [0.2, 0.25) is 5.02 Å². The third-order valence-corrected chi connectivity index (χ3v) is 5.40. The molecule has 28 heavy (non-hydrogen) atoms. The lowest BCUT2D eigenvalue weighted by Crippen LogP contribution is -2.14. The summed E-state index contributed by atoms with van der Waals surface area (Å²) in [5.74, 6) is -0.183. The van der Waals surface area contributed by atoms with Gasteiger partial charge in [-0.3, -0.25) is 4.79 Å². The number of halogens is 1. The van der Waals surface area contributed by atoms with E-state index in [1.807, 2.05) is 43.3 Å². The molecule has 1 amide bonds. The molecule has 5 heteroatoms. The molecular formula is C23H25ClN2O2. The number of aryl methyl sites for hydroxylation is 1. The van der Waals surface area contributed by atoms with E-state index in [-0.39, 0.29) is 5.75 Å². The average molecular weight is 397 g/mol. The largest absolute Gasteiger partial charge is 0.508 e. The van der Waals surface area contributed by atoms with Crippen molar-refractivity contribution < 1.29 is 9.90 Å². The van der Waals surface area contributed by atoms with Gasteiger partial charge in [-0.05, 0) is 43.5 Å². The van der Waals surface area contributed by atoms with Gasteiger partial charge in [-0.2, -0.15) is 0 Å². The quantitative estimate of drug-likeness (QED) is 0.582. The van der Waals surface area contributed by atoms with Crippen molar-refractivity contribution >= 4 is 17.5 Å². The number of primary amides is 1. The minimum Gasteiger partial charge on any atom is -0.508 e. The van der Waals surface area contributed by atoms with Crippen LogP contribution in [0.3, 0.4) is 0 Å². The molecule has 0 aliphatic heterocycles. The summed E-state index contributed by atoms with van der Waals surface area (Å²) in [6.07, 6.45) is 2.55. The van der Waals surface area contributed by atoms with E-state index in [1.54, 1.807) is 12.1 Å². The maximum Gasteiger partial charge on any atom is 0.251 e. The first kappa shape index (κ1) is 20.0. The van der Waals surface area contributed by atoms with Crippen LogP contribution in [0.1, 0.15) is 40.7 Å². The van der Waals surface area contributed by atoms with Crippen molar-refractivity contribution in [1.82, 2.24) is 4.57 Å². The zero-order valence-electron chi connectivity index (χ0n) is 16.2. The van der Waals surface area contributed by atoms with Crippen LogP contribution >= 0.6 is 11.6 Å². The molecule has 2 aromatic carbocycles. The summed E-state index contributed by atoms with van der Waals surface area (Å²) in [7, 11) is 0. The fourth-order valence-corrected chi connectivity index (χ4v) is 3.99. The van der Waals surface area contributed by atoms with Gasteiger partial charge in [0, 0.05) is 34.1 Å². The topological polar surface area (TPSA) is 68.2 Å². The third-order valence-electron chi connectivity index (χ3n) is 5.07. The number of carbonyl (C=O) groups excluding carboxylic acids is 1. The second kappa shape index (κ2) is 8.53. The minimum absolute atomic E-state index is 0.254. The monoisotopic (exact) mass is 396 g/mol. The fourth-order valence-electron chi connectivity index (χ4n) is 3.76. The summed E-state index contributed by atoms with van der Waals surface area (Å²) >= 11 is 6.47. The van der Waals surface area contributed by atoms with E-state index in [0.29, 0.717) is 10.6 Å². The molecule has 3 N–H and O–H groups in total. The number of phenols is 1. The van der Waals surface area contributed by atoms with Crippen LogP contribution in [0.4, 0.5) is 0 Å². The highest BCUT2D eigenvalue weighted by atomic mass is 35.5. The van der Waals surface area contributed by atoms with Crippen molar-refractivity contribution in [2.45, 2.75) is 39.7 Å². The van der Waals surface area contributed by atoms with Crippen LogP contribution in [-0.2, 0) is 19.4 Å². The van der Waals surface area contributed by atoms with Crippen LogP contribution in [0, 0.1) is 6.92 Å². The number of phenolic OH excluding ortho intramolecular Hbond substituents is 1. The van der Waals surface area contributed by atoms with E-state index < -0.39 is 5.91 Å². The second-order valence-corrected chi connectivity index (χ2v) is 7.35. The molecule has 1 aromatic heterocycles. The van der Waals surface area contributed by atoms with Gasteiger partial charge in [-0.1, -0.05) is 55.3 Å². The fraction of sp³-hybridized carbons (Fsp3) is 0.261. The van der Waals surface area contributed by atoms with Gasteiger partial charge in [-0.15, -0.1) is 0 Å². The smallest absolute Gasteiger partial charge is 0.251 e. The maximum atomic E-state index is 12.3. The van der Waals surface area contributed by atoms with Gasteiger partial charge >= 0.3 is 0 Å². The molecular weight excluding hydrogens is 372 g/mol. The zero-order valence-corrected chi connectivity index (χ0v) is 17.0. The lowest BCUT2D eigenvalue weighted by molar-refractivity contribution is 0.1000. The Morgan fingerprint density at radius 1 is 1.11 bits per heavy atom. The Balaban J connectivity index is 2.11. The van der Waals surface area contributed by atoms with Gasteiger partial charge in [0.15, 0.2) is 0 Å². The zero-order chi connectivity index (χ0) is 20.3. The number of hydrogen-bond acceptors (Lipinski definition) is 2. The van der Waals surface area contributed by atoms with E-state index in [9.17, 15) is 9.90 Å². The normalized spacial score (nSPS) is 11.0. The molecule has 0 aliphatic rings. The van der Waals surface area contributed by atoms with E-state index in [1.165, 1.54) is 0 Å². The van der Waals surface area contributed by atoms with Crippen molar-refractivity contribution in [3.05, 3.63) is 76.1 Å². The molecule has 0 spiro atoms. The lowest BCUT2D eigenvalue weighted by atomic mass is 9.98. The number of rotatable bonds is 7. The number of amides is 1. The van der Waals surface area contributed by atoms with Crippen molar-refractivity contribution in [2.24, 2.45) is 5.73 Å². The molecule has 146 valence electrons. The second-order valence-electron chi connectivity index (χ2n) is 6.94. The highest BCUT2D eigenvalue weighted by molar-refractivity contribution is 6.33. The highest BCUT2D eigenvalue weighted by Gasteiger charge is 2.25. The number of hydrogen-bond donors (Lipinski definition) is 2. The van der Waals surface area contributed by atoms with E-state index >= 15 is 0 Å². The van der Waals surface area contributed by atoms with Crippen LogP contribution in [0.25, 0.3) is 11.1 Å². The first-order chi connectivity index (χ1) is 13.4. The molecule has 4 nitrogen and oxygen atoms in total. The predicted octanol–water partition coefficient (Wildman–Crippen LogP) is 5.12. The van der Waals surface area contributed by atoms with Gasteiger partial charge in [-0.25, -0.2) is 0 Å². The number of benzene rings is 2. The summed E-state index contributed by atoms with van der Waals surface area (Å²) in [6, 6.07) is 14.8. The molecule has 1 heterocycles. The molecule has 3 rings (SSSR count). The Hall–Kier alpha value is -2.72. The van der Waals surface area contributed by atoms with E-state index in [0.717, 1.165) is 53.9 Å². The molecule has 0 atom stereocenters. The standard InChI is InChI=1S/C23H25ClN2O2/c1-3-6-20-22(18-7-4-5-8-19(18)24)21(23(25)28)15(2)26(20)14-13-16-9-11-17(27)12-10-16/h4-5,7-12,27H,3,6,13-14H2,1-2H3,(H2,25,28). The van der Waals surface area contributed by atoms with Crippen LogP contribution in [0.5, 0.6) is 5.75 Å². The molecule has 0 unspecified atom stereocenters. The van der Waals surface area contributed by atoms with Gasteiger partial charge < -0.3 is 15.4 Å². The Labute approximate surface area is 170 Å². The van der Waals surface area contributed by atoms with Gasteiger partial charge in [0.05, 0.1) is 5.56 Å². The third kappa shape index (κ3) is 3.92. The van der Waals surface area contributed by atoms with Crippen molar-refractivity contribution in [1.29, 1.82) is 0 Å². The number of carbonyl (C=O) groups is 1. The molecule has 0 aliphatic carbocycles. The number of aromatic nitrogens is 1. The van der Waals surface area contributed by atoms with Crippen molar-refractivity contribution in [2.75, 3.05) is 0 Å².